The number of carbonyl (C=O) groups excluding carboxylic acids is 2. The minimum atomic E-state index is -0.313. The quantitative estimate of drug-likeness (QED) is 0.809. The largest absolute Gasteiger partial charge is 0.492 e. The summed E-state index contributed by atoms with van der Waals surface area (Å²) < 4.78 is 5.44. The first-order chi connectivity index (χ1) is 11.6. The molecule has 0 atom stereocenters. The Labute approximate surface area is 146 Å². The minimum Gasteiger partial charge on any atom is -0.492 e. The van der Waals surface area contributed by atoms with Gasteiger partial charge in [-0.1, -0.05) is 35.9 Å². The topological polar surface area (TPSA) is 67.4 Å². The van der Waals surface area contributed by atoms with Crippen LogP contribution in [0.15, 0.2) is 48.5 Å². The van der Waals surface area contributed by atoms with E-state index in [4.69, 9.17) is 16.3 Å². The fraction of sp³-hybridized carbons (Fsp3) is 0.222. The van der Waals surface area contributed by atoms with Crippen molar-refractivity contribution in [3.8, 4) is 5.75 Å². The minimum absolute atomic E-state index is 0.104. The summed E-state index contributed by atoms with van der Waals surface area (Å²) in [7, 11) is 0. The van der Waals surface area contributed by atoms with E-state index in [1.807, 2.05) is 13.0 Å². The predicted octanol–water partition coefficient (Wildman–Crippen LogP) is 3.04. The number of nitrogens with one attached hydrogen (secondary N) is 2. The molecule has 0 aromatic heterocycles. The van der Waals surface area contributed by atoms with Crippen molar-refractivity contribution < 1.29 is 14.3 Å². The standard InChI is InChI=1S/C18H19ClN2O3/c1-2-24-16-6-4-3-5-15(16)21-18(23)12-20-17(22)11-13-7-9-14(19)10-8-13/h3-10H,2,11-12H2,1H3,(H,20,22)(H,21,23). The number of benzene rings is 2. The van der Waals surface area contributed by atoms with Crippen molar-refractivity contribution >= 4 is 29.1 Å². The van der Waals surface area contributed by atoms with Crippen molar-refractivity contribution in [2.24, 2.45) is 0 Å². The second-order valence-electron chi connectivity index (χ2n) is 5.06. The molecule has 0 aliphatic carbocycles. The number of ether oxygens (including phenoxy) is 1. The van der Waals surface area contributed by atoms with Crippen LogP contribution in [0.3, 0.4) is 0 Å². The first-order valence-electron chi connectivity index (χ1n) is 7.61. The van der Waals surface area contributed by atoms with Crippen LogP contribution in [0.2, 0.25) is 5.02 Å². The zero-order valence-electron chi connectivity index (χ0n) is 13.3. The van der Waals surface area contributed by atoms with Crippen molar-refractivity contribution in [1.29, 1.82) is 0 Å². The normalized spacial score (nSPS) is 10.1. The molecule has 0 saturated carbocycles. The van der Waals surface area contributed by atoms with E-state index in [0.717, 1.165) is 5.56 Å². The number of hydrogen-bond acceptors (Lipinski definition) is 3. The van der Waals surface area contributed by atoms with Crippen LogP contribution in [0.5, 0.6) is 5.75 Å². The summed E-state index contributed by atoms with van der Waals surface area (Å²) in [5.74, 6) is 0.0537. The summed E-state index contributed by atoms with van der Waals surface area (Å²) in [6, 6.07) is 14.2. The van der Waals surface area contributed by atoms with Gasteiger partial charge in [0.2, 0.25) is 11.8 Å². The highest BCUT2D eigenvalue weighted by Crippen LogP contribution is 2.23. The number of carbonyl (C=O) groups is 2. The van der Waals surface area contributed by atoms with Crippen LogP contribution < -0.4 is 15.4 Å². The highest BCUT2D eigenvalue weighted by atomic mass is 35.5. The van der Waals surface area contributed by atoms with Crippen LogP contribution in [0, 0.1) is 0 Å². The number of rotatable bonds is 7. The Morgan fingerprint density at radius 3 is 2.46 bits per heavy atom. The molecule has 0 aliphatic rings. The monoisotopic (exact) mass is 346 g/mol. The Morgan fingerprint density at radius 2 is 1.75 bits per heavy atom. The fourth-order valence-corrected chi connectivity index (χ4v) is 2.20. The van der Waals surface area contributed by atoms with E-state index in [1.165, 1.54) is 0 Å². The molecule has 0 aliphatic heterocycles. The molecule has 2 amide bonds. The van der Waals surface area contributed by atoms with E-state index in [0.29, 0.717) is 23.1 Å². The molecule has 5 nitrogen and oxygen atoms in total. The Kier molecular flexibility index (Phi) is 6.63. The molecular weight excluding hydrogens is 328 g/mol. The van der Waals surface area contributed by atoms with Crippen molar-refractivity contribution in [1.82, 2.24) is 5.32 Å². The van der Waals surface area contributed by atoms with Crippen molar-refractivity contribution in [2.45, 2.75) is 13.3 Å². The van der Waals surface area contributed by atoms with Gasteiger partial charge >= 0.3 is 0 Å². The lowest BCUT2D eigenvalue weighted by Gasteiger charge is -2.11. The average Bonchev–Trinajstić information content (AvgIpc) is 2.57. The molecule has 0 spiro atoms. The third-order valence-corrected chi connectivity index (χ3v) is 3.44. The van der Waals surface area contributed by atoms with E-state index in [9.17, 15) is 9.59 Å². The molecule has 126 valence electrons. The van der Waals surface area contributed by atoms with Gasteiger partial charge in [-0.3, -0.25) is 9.59 Å². The second-order valence-corrected chi connectivity index (χ2v) is 5.49. The van der Waals surface area contributed by atoms with E-state index in [-0.39, 0.29) is 24.8 Å². The number of para-hydroxylation sites is 2. The molecule has 2 aromatic carbocycles. The van der Waals surface area contributed by atoms with Crippen LogP contribution in [0.4, 0.5) is 5.69 Å². The molecule has 2 N–H and O–H groups in total. The van der Waals surface area contributed by atoms with Crippen LogP contribution in [-0.2, 0) is 16.0 Å². The molecule has 0 bridgehead atoms. The molecular formula is C18H19ClN2O3. The molecule has 0 saturated heterocycles. The summed E-state index contributed by atoms with van der Waals surface area (Å²) in [6.07, 6.45) is 0.194. The summed E-state index contributed by atoms with van der Waals surface area (Å²) in [6.45, 7) is 2.27. The maximum Gasteiger partial charge on any atom is 0.243 e. The Bertz CT molecular complexity index is 702. The van der Waals surface area contributed by atoms with Gasteiger partial charge in [0.05, 0.1) is 25.3 Å². The Hall–Kier alpha value is -2.53. The Morgan fingerprint density at radius 1 is 1.04 bits per heavy atom. The SMILES string of the molecule is CCOc1ccccc1NC(=O)CNC(=O)Cc1ccc(Cl)cc1. The van der Waals surface area contributed by atoms with Crippen LogP contribution in [-0.4, -0.2) is 25.0 Å². The van der Waals surface area contributed by atoms with Gasteiger partial charge in [0, 0.05) is 5.02 Å². The van der Waals surface area contributed by atoms with Crippen molar-refractivity contribution in [3.05, 3.63) is 59.1 Å². The first-order valence-corrected chi connectivity index (χ1v) is 7.99. The van der Waals surface area contributed by atoms with Gasteiger partial charge < -0.3 is 15.4 Å². The second kappa shape index (κ2) is 8.93. The molecule has 6 heteroatoms. The number of amides is 2. The van der Waals surface area contributed by atoms with E-state index >= 15 is 0 Å². The number of hydrogen-bond donors (Lipinski definition) is 2. The zero-order chi connectivity index (χ0) is 17.4. The van der Waals surface area contributed by atoms with Gasteiger partial charge in [0.1, 0.15) is 5.75 Å². The highest BCUT2D eigenvalue weighted by Gasteiger charge is 2.09. The van der Waals surface area contributed by atoms with Crippen LogP contribution >= 0.6 is 11.6 Å². The van der Waals surface area contributed by atoms with Gasteiger partial charge in [-0.25, -0.2) is 0 Å². The molecule has 0 fully saturated rings. The molecule has 0 heterocycles. The van der Waals surface area contributed by atoms with Gasteiger partial charge in [0.25, 0.3) is 0 Å². The average molecular weight is 347 g/mol. The van der Waals surface area contributed by atoms with Crippen molar-refractivity contribution in [2.75, 3.05) is 18.5 Å². The number of anilines is 1. The molecule has 2 aromatic rings. The number of halogens is 1. The maximum absolute atomic E-state index is 12.0. The third kappa shape index (κ3) is 5.59. The van der Waals surface area contributed by atoms with Crippen molar-refractivity contribution in [3.63, 3.8) is 0 Å². The molecule has 2 rings (SSSR count). The molecule has 0 unspecified atom stereocenters. The molecule has 24 heavy (non-hydrogen) atoms. The summed E-state index contributed by atoms with van der Waals surface area (Å²) in [5, 5.41) is 5.94. The summed E-state index contributed by atoms with van der Waals surface area (Å²) in [5.41, 5.74) is 1.41. The van der Waals surface area contributed by atoms with Crippen LogP contribution in [0.25, 0.3) is 0 Å². The Balaban J connectivity index is 1.82. The van der Waals surface area contributed by atoms with Gasteiger partial charge in [-0.15, -0.1) is 0 Å². The smallest absolute Gasteiger partial charge is 0.243 e. The van der Waals surface area contributed by atoms with Gasteiger partial charge in [0.15, 0.2) is 0 Å². The lowest BCUT2D eigenvalue weighted by Crippen LogP contribution is -2.33. The maximum atomic E-state index is 12.0. The fourth-order valence-electron chi connectivity index (χ4n) is 2.07. The van der Waals surface area contributed by atoms with E-state index in [2.05, 4.69) is 10.6 Å². The van der Waals surface area contributed by atoms with E-state index < -0.39 is 0 Å². The highest BCUT2D eigenvalue weighted by molar-refractivity contribution is 6.30. The van der Waals surface area contributed by atoms with Gasteiger partial charge in [-0.2, -0.15) is 0 Å². The van der Waals surface area contributed by atoms with Gasteiger partial charge in [-0.05, 0) is 36.8 Å². The third-order valence-electron chi connectivity index (χ3n) is 3.19. The lowest BCUT2D eigenvalue weighted by molar-refractivity contribution is -0.123. The summed E-state index contributed by atoms with van der Waals surface area (Å²) >= 11 is 5.80. The summed E-state index contributed by atoms with van der Waals surface area (Å²) in [4.78, 5) is 23.8. The lowest BCUT2D eigenvalue weighted by atomic mass is 10.1. The van der Waals surface area contributed by atoms with E-state index in [1.54, 1.807) is 42.5 Å². The zero-order valence-corrected chi connectivity index (χ0v) is 14.1. The predicted molar refractivity (Wildman–Crippen MR) is 94.4 cm³/mol. The first kappa shape index (κ1) is 17.8. The molecule has 0 radical (unpaired) electrons. The van der Waals surface area contributed by atoms with Crippen LogP contribution in [0.1, 0.15) is 12.5 Å².